The molecule has 4 heteroatoms. The number of nitrogens with two attached hydrogens (primary N) is 1. The standard InChI is InChI=1S/C10H19NO2S/c1-10(14(11,12)13)7-9(10)8-5-3-2-4-6-8/h8-9H,2-7H2,1H3,(H2,11,12,13). The summed E-state index contributed by atoms with van der Waals surface area (Å²) in [7, 11) is -3.33. The van der Waals surface area contributed by atoms with Gasteiger partial charge in [-0.3, -0.25) is 0 Å². The van der Waals surface area contributed by atoms with Crippen molar-refractivity contribution < 1.29 is 8.42 Å². The first-order valence-electron chi connectivity index (χ1n) is 5.47. The summed E-state index contributed by atoms with van der Waals surface area (Å²) in [6, 6.07) is 0. The molecule has 2 unspecified atom stereocenters. The Morgan fingerprint density at radius 2 is 1.79 bits per heavy atom. The van der Waals surface area contributed by atoms with Crippen molar-refractivity contribution in [2.75, 3.05) is 0 Å². The molecule has 0 amide bonds. The molecule has 0 aromatic heterocycles. The maximum Gasteiger partial charge on any atom is 0.214 e. The molecule has 0 aromatic rings. The maximum absolute atomic E-state index is 11.3. The highest BCUT2D eigenvalue weighted by Gasteiger charge is 2.61. The molecule has 0 spiro atoms. The largest absolute Gasteiger partial charge is 0.228 e. The molecule has 2 rings (SSSR count). The maximum atomic E-state index is 11.3. The van der Waals surface area contributed by atoms with E-state index in [1.807, 2.05) is 6.92 Å². The minimum Gasteiger partial charge on any atom is -0.228 e. The van der Waals surface area contributed by atoms with E-state index in [2.05, 4.69) is 0 Å². The third-order valence-electron chi connectivity index (χ3n) is 4.12. The second kappa shape index (κ2) is 3.20. The molecule has 0 radical (unpaired) electrons. The van der Waals surface area contributed by atoms with Crippen LogP contribution in [0.15, 0.2) is 0 Å². The molecule has 0 heterocycles. The van der Waals surface area contributed by atoms with E-state index in [1.54, 1.807) is 0 Å². The number of primary sulfonamides is 1. The van der Waals surface area contributed by atoms with Crippen molar-refractivity contribution in [3.8, 4) is 0 Å². The zero-order chi connectivity index (χ0) is 10.4. The van der Waals surface area contributed by atoms with E-state index in [0.717, 1.165) is 6.42 Å². The molecule has 2 aliphatic rings. The van der Waals surface area contributed by atoms with Gasteiger partial charge >= 0.3 is 0 Å². The predicted molar refractivity (Wildman–Crippen MR) is 56.2 cm³/mol. The molecule has 82 valence electrons. The molecule has 2 atom stereocenters. The molecule has 2 saturated carbocycles. The number of sulfonamides is 1. The van der Waals surface area contributed by atoms with E-state index >= 15 is 0 Å². The Balaban J connectivity index is 2.04. The van der Waals surface area contributed by atoms with Gasteiger partial charge in [0.25, 0.3) is 0 Å². The SMILES string of the molecule is CC1(S(N)(=O)=O)CC1C1CCCCC1. The van der Waals surface area contributed by atoms with Crippen LogP contribution in [0.3, 0.4) is 0 Å². The number of hydrogen-bond donors (Lipinski definition) is 1. The van der Waals surface area contributed by atoms with Gasteiger partial charge in [0.2, 0.25) is 10.0 Å². The van der Waals surface area contributed by atoms with Gasteiger partial charge < -0.3 is 0 Å². The summed E-state index contributed by atoms with van der Waals surface area (Å²) in [6.07, 6.45) is 7.04. The van der Waals surface area contributed by atoms with E-state index in [-0.39, 0.29) is 0 Å². The highest BCUT2D eigenvalue weighted by molar-refractivity contribution is 7.90. The van der Waals surface area contributed by atoms with E-state index in [9.17, 15) is 8.42 Å². The molecule has 3 nitrogen and oxygen atoms in total. The fourth-order valence-electron chi connectivity index (χ4n) is 2.91. The zero-order valence-corrected chi connectivity index (χ0v) is 9.52. The normalized spacial score (nSPS) is 39.7. The summed E-state index contributed by atoms with van der Waals surface area (Å²) in [5, 5.41) is 5.24. The lowest BCUT2D eigenvalue weighted by molar-refractivity contribution is 0.314. The molecule has 0 aromatic carbocycles. The van der Waals surface area contributed by atoms with Crippen LogP contribution in [0.4, 0.5) is 0 Å². The first-order chi connectivity index (χ1) is 6.45. The second-order valence-electron chi connectivity index (χ2n) is 5.07. The molecule has 2 aliphatic carbocycles. The van der Waals surface area contributed by atoms with Crippen LogP contribution in [0, 0.1) is 11.8 Å². The summed E-state index contributed by atoms with van der Waals surface area (Å²) >= 11 is 0. The molecular formula is C10H19NO2S. The van der Waals surface area contributed by atoms with Crippen molar-refractivity contribution in [1.82, 2.24) is 0 Å². The molecule has 0 aliphatic heterocycles. The average Bonchev–Trinajstić information content (AvgIpc) is 2.80. The number of hydrogen-bond acceptors (Lipinski definition) is 2. The van der Waals surface area contributed by atoms with Crippen LogP contribution >= 0.6 is 0 Å². The van der Waals surface area contributed by atoms with Crippen LogP contribution in [0.5, 0.6) is 0 Å². The summed E-state index contributed by atoms with van der Waals surface area (Å²) in [5.74, 6) is 0.963. The van der Waals surface area contributed by atoms with Gasteiger partial charge in [0, 0.05) is 0 Å². The van der Waals surface area contributed by atoms with E-state index in [0.29, 0.717) is 11.8 Å². The van der Waals surface area contributed by atoms with Crippen molar-refractivity contribution in [3.05, 3.63) is 0 Å². The lowest BCUT2D eigenvalue weighted by Crippen LogP contribution is -2.31. The second-order valence-corrected chi connectivity index (χ2v) is 7.09. The van der Waals surface area contributed by atoms with Crippen LogP contribution < -0.4 is 5.14 Å². The highest BCUT2D eigenvalue weighted by atomic mass is 32.2. The van der Waals surface area contributed by atoms with Crippen molar-refractivity contribution in [3.63, 3.8) is 0 Å². The van der Waals surface area contributed by atoms with Gasteiger partial charge in [-0.25, -0.2) is 13.6 Å². The van der Waals surface area contributed by atoms with Crippen molar-refractivity contribution in [1.29, 1.82) is 0 Å². The summed E-state index contributed by atoms with van der Waals surface area (Å²) in [5.41, 5.74) is 0. The van der Waals surface area contributed by atoms with Gasteiger partial charge in [0.15, 0.2) is 0 Å². The first-order valence-corrected chi connectivity index (χ1v) is 7.02. The quantitative estimate of drug-likeness (QED) is 0.764. The predicted octanol–water partition coefficient (Wildman–Crippen LogP) is 1.63. The summed E-state index contributed by atoms with van der Waals surface area (Å²) in [4.78, 5) is 0. The topological polar surface area (TPSA) is 60.2 Å². The van der Waals surface area contributed by atoms with Crippen LogP contribution in [-0.4, -0.2) is 13.2 Å². The Labute approximate surface area is 86.1 Å². The average molecular weight is 217 g/mol. The van der Waals surface area contributed by atoms with Gasteiger partial charge in [-0.2, -0.15) is 0 Å². The lowest BCUT2D eigenvalue weighted by Gasteiger charge is -2.23. The van der Waals surface area contributed by atoms with Crippen molar-refractivity contribution in [2.24, 2.45) is 17.0 Å². The fraction of sp³-hybridized carbons (Fsp3) is 1.00. The first kappa shape index (κ1) is 10.4. The number of rotatable bonds is 2. The smallest absolute Gasteiger partial charge is 0.214 e. The summed E-state index contributed by atoms with van der Waals surface area (Å²) in [6.45, 7) is 1.81. The minimum absolute atomic E-state index is 0.345. The zero-order valence-electron chi connectivity index (χ0n) is 8.70. The van der Waals surface area contributed by atoms with Gasteiger partial charge in [-0.05, 0) is 25.2 Å². The summed E-state index contributed by atoms with van der Waals surface area (Å²) < 4.78 is 22.1. The fourth-order valence-corrected chi connectivity index (χ4v) is 3.93. The van der Waals surface area contributed by atoms with E-state index < -0.39 is 14.8 Å². The van der Waals surface area contributed by atoms with Crippen LogP contribution in [0.25, 0.3) is 0 Å². The van der Waals surface area contributed by atoms with Crippen molar-refractivity contribution >= 4 is 10.0 Å². The van der Waals surface area contributed by atoms with Crippen LogP contribution in [0.1, 0.15) is 45.4 Å². The van der Waals surface area contributed by atoms with Crippen LogP contribution in [0.2, 0.25) is 0 Å². The van der Waals surface area contributed by atoms with Gasteiger partial charge in [-0.15, -0.1) is 0 Å². The Bertz CT molecular complexity index is 319. The molecule has 14 heavy (non-hydrogen) atoms. The van der Waals surface area contributed by atoms with Gasteiger partial charge in [0.05, 0.1) is 4.75 Å². The van der Waals surface area contributed by atoms with E-state index in [1.165, 1.54) is 32.1 Å². The Morgan fingerprint density at radius 1 is 1.21 bits per heavy atom. The molecule has 2 N–H and O–H groups in total. The van der Waals surface area contributed by atoms with Gasteiger partial charge in [-0.1, -0.05) is 32.1 Å². The Kier molecular flexibility index (Phi) is 2.39. The Hall–Kier alpha value is -0.0900. The lowest BCUT2D eigenvalue weighted by atomic mass is 9.85. The molecule has 0 saturated heterocycles. The third kappa shape index (κ3) is 1.58. The third-order valence-corrected chi connectivity index (χ3v) is 5.89. The molecule has 0 bridgehead atoms. The van der Waals surface area contributed by atoms with Gasteiger partial charge in [0.1, 0.15) is 0 Å². The monoisotopic (exact) mass is 217 g/mol. The highest BCUT2D eigenvalue weighted by Crippen LogP contribution is 2.56. The molecular weight excluding hydrogens is 198 g/mol. The minimum atomic E-state index is -3.33. The van der Waals surface area contributed by atoms with Crippen molar-refractivity contribution in [2.45, 2.75) is 50.2 Å². The van der Waals surface area contributed by atoms with E-state index in [4.69, 9.17) is 5.14 Å². The Morgan fingerprint density at radius 3 is 2.21 bits per heavy atom. The molecule has 2 fully saturated rings. The van der Waals surface area contributed by atoms with Crippen LogP contribution in [-0.2, 0) is 10.0 Å².